The van der Waals surface area contributed by atoms with Gasteiger partial charge in [0.15, 0.2) is 10.7 Å². The molecule has 4 rings (SSSR count). The number of anilines is 1. The van der Waals surface area contributed by atoms with Gasteiger partial charge < -0.3 is 14.5 Å². The summed E-state index contributed by atoms with van der Waals surface area (Å²) in [5.41, 5.74) is 4.33. The zero-order valence-corrected chi connectivity index (χ0v) is 19.0. The van der Waals surface area contributed by atoms with E-state index in [4.69, 9.17) is 33.0 Å². The van der Waals surface area contributed by atoms with E-state index in [-0.39, 0.29) is 11.0 Å². The monoisotopic (exact) mass is 465 g/mol. The van der Waals surface area contributed by atoms with E-state index in [0.717, 1.165) is 11.9 Å². The molecule has 0 radical (unpaired) electrons. The Morgan fingerprint density at radius 3 is 2.78 bits per heavy atom. The molecular weight excluding hydrogens is 446 g/mol. The number of benzene rings is 3. The summed E-state index contributed by atoms with van der Waals surface area (Å²) in [7, 11) is 1.54. The molecule has 1 heterocycles. The fourth-order valence-corrected chi connectivity index (χ4v) is 3.59. The van der Waals surface area contributed by atoms with Crippen molar-refractivity contribution in [3.05, 3.63) is 76.8 Å². The van der Waals surface area contributed by atoms with Crippen LogP contribution in [0.4, 0.5) is 5.69 Å². The highest BCUT2D eigenvalue weighted by molar-refractivity contribution is 7.80. The summed E-state index contributed by atoms with van der Waals surface area (Å²) in [6, 6.07) is 18.0. The minimum atomic E-state index is -0.346. The molecule has 0 saturated heterocycles. The first-order valence-electron chi connectivity index (χ1n) is 9.92. The van der Waals surface area contributed by atoms with Gasteiger partial charge in [0.05, 0.1) is 17.7 Å². The number of hydrogen-bond donors (Lipinski definition) is 2. The maximum atomic E-state index is 12.5. The molecular formula is C24H20ClN3O3S. The molecule has 0 unspecified atom stereocenters. The van der Waals surface area contributed by atoms with E-state index < -0.39 is 0 Å². The number of rotatable bonds is 5. The van der Waals surface area contributed by atoms with E-state index in [1.165, 1.54) is 5.56 Å². The third-order valence-corrected chi connectivity index (χ3v) is 5.41. The summed E-state index contributed by atoms with van der Waals surface area (Å²) < 4.78 is 11.1. The van der Waals surface area contributed by atoms with Gasteiger partial charge in [-0.15, -0.1) is 0 Å². The van der Waals surface area contributed by atoms with Crippen molar-refractivity contribution in [2.24, 2.45) is 0 Å². The van der Waals surface area contributed by atoms with Crippen LogP contribution in [-0.4, -0.2) is 23.1 Å². The van der Waals surface area contributed by atoms with Crippen molar-refractivity contribution in [3.63, 3.8) is 0 Å². The Morgan fingerprint density at radius 1 is 1.16 bits per heavy atom. The quantitative estimate of drug-likeness (QED) is 0.360. The number of halogens is 1. The Morgan fingerprint density at radius 2 is 2.00 bits per heavy atom. The number of nitrogens with zero attached hydrogens (tertiary/aromatic N) is 1. The summed E-state index contributed by atoms with van der Waals surface area (Å²) in [4.78, 5) is 17.1. The number of ether oxygens (including phenoxy) is 1. The standard InChI is InChI=1S/C24H20ClN3O3S/c1-3-14-7-10-21-20(11-14)27-23(31-21)18-13-16(8-9-19(18)25)26-24(32)28-22(29)15-5-4-6-17(12-15)30-2/h4-13H,3H2,1-2H3,(H2,26,28,29,32). The number of oxazole rings is 1. The number of aryl methyl sites for hydroxylation is 1. The normalized spacial score (nSPS) is 10.7. The largest absolute Gasteiger partial charge is 0.497 e. The van der Waals surface area contributed by atoms with Crippen LogP contribution in [0.5, 0.6) is 5.75 Å². The lowest BCUT2D eigenvalue weighted by atomic mass is 10.1. The van der Waals surface area contributed by atoms with Gasteiger partial charge >= 0.3 is 0 Å². The highest BCUT2D eigenvalue weighted by Crippen LogP contribution is 2.32. The molecule has 4 aromatic rings. The van der Waals surface area contributed by atoms with Gasteiger partial charge in [0, 0.05) is 11.3 Å². The van der Waals surface area contributed by atoms with Gasteiger partial charge in [-0.25, -0.2) is 4.98 Å². The molecule has 32 heavy (non-hydrogen) atoms. The highest BCUT2D eigenvalue weighted by Gasteiger charge is 2.14. The van der Waals surface area contributed by atoms with Crippen LogP contribution in [-0.2, 0) is 6.42 Å². The number of methoxy groups -OCH3 is 1. The van der Waals surface area contributed by atoms with Crippen molar-refractivity contribution >= 4 is 51.6 Å². The fourth-order valence-electron chi connectivity index (χ4n) is 3.18. The van der Waals surface area contributed by atoms with Crippen LogP contribution < -0.4 is 15.4 Å². The molecule has 1 amide bonds. The van der Waals surface area contributed by atoms with Gasteiger partial charge in [-0.2, -0.15) is 0 Å². The molecule has 2 N–H and O–H groups in total. The Balaban J connectivity index is 1.52. The van der Waals surface area contributed by atoms with Crippen LogP contribution in [0.15, 0.2) is 65.1 Å². The minimum Gasteiger partial charge on any atom is -0.497 e. The number of carbonyl (C=O) groups is 1. The van der Waals surface area contributed by atoms with Crippen molar-refractivity contribution in [3.8, 4) is 17.2 Å². The predicted octanol–water partition coefficient (Wildman–Crippen LogP) is 5.85. The second-order valence-electron chi connectivity index (χ2n) is 7.01. The third kappa shape index (κ3) is 4.74. The van der Waals surface area contributed by atoms with E-state index in [9.17, 15) is 4.79 Å². The Labute approximate surface area is 195 Å². The highest BCUT2D eigenvalue weighted by atomic mass is 35.5. The van der Waals surface area contributed by atoms with E-state index in [1.54, 1.807) is 49.6 Å². The zero-order chi connectivity index (χ0) is 22.7. The summed E-state index contributed by atoms with van der Waals surface area (Å²) in [6.45, 7) is 2.09. The first-order chi connectivity index (χ1) is 15.5. The van der Waals surface area contributed by atoms with Gasteiger partial charge in [-0.05, 0) is 72.7 Å². The number of hydrogen-bond acceptors (Lipinski definition) is 5. The van der Waals surface area contributed by atoms with Crippen molar-refractivity contribution in [2.45, 2.75) is 13.3 Å². The molecule has 162 valence electrons. The molecule has 0 aliphatic carbocycles. The van der Waals surface area contributed by atoms with Gasteiger partial charge in [0.2, 0.25) is 5.89 Å². The van der Waals surface area contributed by atoms with Crippen molar-refractivity contribution in [2.75, 3.05) is 12.4 Å². The summed E-state index contributed by atoms with van der Waals surface area (Å²) in [5.74, 6) is 0.651. The smallest absolute Gasteiger partial charge is 0.257 e. The van der Waals surface area contributed by atoms with Gasteiger partial charge in [-0.3, -0.25) is 10.1 Å². The molecule has 3 aromatic carbocycles. The van der Waals surface area contributed by atoms with E-state index in [0.29, 0.717) is 39.1 Å². The zero-order valence-electron chi connectivity index (χ0n) is 17.4. The summed E-state index contributed by atoms with van der Waals surface area (Å²) in [5, 5.41) is 6.30. The van der Waals surface area contributed by atoms with Crippen molar-refractivity contribution < 1.29 is 13.9 Å². The van der Waals surface area contributed by atoms with E-state index >= 15 is 0 Å². The number of nitrogens with one attached hydrogen (secondary N) is 2. The number of aromatic nitrogens is 1. The second kappa shape index (κ2) is 9.38. The Hall–Kier alpha value is -3.42. The van der Waals surface area contributed by atoms with E-state index in [1.807, 2.05) is 18.2 Å². The molecule has 0 spiro atoms. The van der Waals surface area contributed by atoms with E-state index in [2.05, 4.69) is 22.5 Å². The van der Waals surface area contributed by atoms with Crippen LogP contribution in [0.2, 0.25) is 5.02 Å². The summed E-state index contributed by atoms with van der Waals surface area (Å²) in [6.07, 6.45) is 0.914. The summed E-state index contributed by atoms with van der Waals surface area (Å²) >= 11 is 11.7. The minimum absolute atomic E-state index is 0.149. The van der Waals surface area contributed by atoms with Crippen molar-refractivity contribution in [1.82, 2.24) is 10.3 Å². The van der Waals surface area contributed by atoms with Crippen LogP contribution in [0.25, 0.3) is 22.6 Å². The van der Waals surface area contributed by atoms with Gasteiger partial charge in [0.25, 0.3) is 5.91 Å². The molecule has 0 fully saturated rings. The number of thiocarbonyl (C=S) groups is 1. The molecule has 0 bridgehead atoms. The molecule has 0 aliphatic rings. The lowest BCUT2D eigenvalue weighted by Crippen LogP contribution is -2.34. The maximum absolute atomic E-state index is 12.5. The Kier molecular flexibility index (Phi) is 6.39. The van der Waals surface area contributed by atoms with Crippen LogP contribution >= 0.6 is 23.8 Å². The lowest BCUT2D eigenvalue weighted by Gasteiger charge is -2.11. The van der Waals surface area contributed by atoms with Gasteiger partial charge in [0.1, 0.15) is 11.3 Å². The second-order valence-corrected chi connectivity index (χ2v) is 7.82. The maximum Gasteiger partial charge on any atom is 0.257 e. The first kappa shape index (κ1) is 21.8. The third-order valence-electron chi connectivity index (χ3n) is 4.87. The molecule has 8 heteroatoms. The molecule has 1 aromatic heterocycles. The first-order valence-corrected chi connectivity index (χ1v) is 10.7. The topological polar surface area (TPSA) is 76.4 Å². The molecule has 0 aliphatic heterocycles. The molecule has 6 nitrogen and oxygen atoms in total. The van der Waals surface area contributed by atoms with Gasteiger partial charge in [-0.1, -0.05) is 30.7 Å². The number of carbonyl (C=O) groups excluding carboxylic acids is 1. The fraction of sp³-hybridized carbons (Fsp3) is 0.125. The van der Waals surface area contributed by atoms with Crippen LogP contribution in [0.3, 0.4) is 0 Å². The lowest BCUT2D eigenvalue weighted by molar-refractivity contribution is 0.0977. The van der Waals surface area contributed by atoms with Crippen LogP contribution in [0.1, 0.15) is 22.8 Å². The van der Waals surface area contributed by atoms with Crippen molar-refractivity contribution in [1.29, 1.82) is 0 Å². The molecule has 0 saturated carbocycles. The molecule has 0 atom stereocenters. The predicted molar refractivity (Wildman–Crippen MR) is 131 cm³/mol. The van der Waals surface area contributed by atoms with Crippen LogP contribution in [0, 0.1) is 0 Å². The number of amides is 1. The SMILES string of the molecule is CCc1ccc2oc(-c3cc(NC(=S)NC(=O)c4cccc(OC)c4)ccc3Cl)nc2c1. The average molecular weight is 466 g/mol. The number of fused-ring (bicyclic) bond motifs is 1. The Bertz CT molecular complexity index is 1320. The average Bonchev–Trinajstić information content (AvgIpc) is 3.23.